The number of amides is 1. The van der Waals surface area contributed by atoms with Gasteiger partial charge < -0.3 is 4.90 Å². The molecule has 1 amide bonds. The summed E-state index contributed by atoms with van der Waals surface area (Å²) in [6.07, 6.45) is 0.654. The normalized spacial score (nSPS) is 22.5. The van der Waals surface area contributed by atoms with Crippen molar-refractivity contribution >= 4 is 25.8 Å². The average molecular weight is 458 g/mol. The zero-order chi connectivity index (χ0) is 22.1. The highest BCUT2D eigenvalue weighted by Gasteiger charge is 2.34. The fourth-order valence-electron chi connectivity index (χ4n) is 4.25. The van der Waals surface area contributed by atoms with Crippen LogP contribution in [0.15, 0.2) is 23.1 Å². The summed E-state index contributed by atoms with van der Waals surface area (Å²) in [7, 11) is -6.59. The number of aryl methyl sites for hydroxylation is 1. The average Bonchev–Trinajstić information content (AvgIpc) is 3.08. The van der Waals surface area contributed by atoms with E-state index in [1.807, 2.05) is 0 Å². The van der Waals surface area contributed by atoms with Gasteiger partial charge in [-0.2, -0.15) is 4.31 Å². The fourth-order valence-corrected chi connectivity index (χ4v) is 7.72. The molecule has 0 saturated carbocycles. The highest BCUT2D eigenvalue weighted by atomic mass is 32.2. The molecule has 2 aliphatic rings. The maximum Gasteiger partial charge on any atom is 0.253 e. The molecule has 8 nitrogen and oxygen atoms in total. The van der Waals surface area contributed by atoms with Crippen LogP contribution in [0.1, 0.15) is 36.2 Å². The second kappa shape index (κ2) is 8.94. The Labute approximate surface area is 179 Å². The quantitative estimate of drug-likeness (QED) is 0.632. The number of hydrogen-bond acceptors (Lipinski definition) is 6. The third kappa shape index (κ3) is 4.71. The predicted octanol–water partition coefficient (Wildman–Crippen LogP) is 0.970. The summed E-state index contributed by atoms with van der Waals surface area (Å²) in [6, 6.07) is 4.89. The number of rotatable bonds is 6. The second-order valence-corrected chi connectivity index (χ2v) is 12.1. The van der Waals surface area contributed by atoms with Gasteiger partial charge in [0, 0.05) is 50.9 Å². The van der Waals surface area contributed by atoms with E-state index in [2.05, 4.69) is 4.90 Å². The van der Waals surface area contributed by atoms with Gasteiger partial charge in [0.25, 0.3) is 5.91 Å². The van der Waals surface area contributed by atoms with Gasteiger partial charge in [-0.05, 0) is 31.0 Å². The van der Waals surface area contributed by atoms with Gasteiger partial charge in [-0.1, -0.05) is 19.9 Å². The first-order valence-corrected chi connectivity index (χ1v) is 13.7. The van der Waals surface area contributed by atoms with Crippen LogP contribution in [-0.4, -0.2) is 93.7 Å². The molecule has 2 saturated heterocycles. The molecule has 1 aromatic rings. The molecule has 1 atom stereocenters. The van der Waals surface area contributed by atoms with Crippen molar-refractivity contribution in [3.63, 3.8) is 0 Å². The summed E-state index contributed by atoms with van der Waals surface area (Å²) < 4.78 is 50.8. The van der Waals surface area contributed by atoms with Crippen molar-refractivity contribution in [2.75, 3.05) is 50.8 Å². The van der Waals surface area contributed by atoms with Gasteiger partial charge >= 0.3 is 0 Å². The lowest BCUT2D eigenvalue weighted by Gasteiger charge is -2.37. The molecule has 0 spiro atoms. The molecule has 2 fully saturated rings. The number of carbonyl (C=O) groups is 1. The number of nitrogens with zero attached hydrogens (tertiary/aromatic N) is 3. The van der Waals surface area contributed by atoms with E-state index < -0.39 is 19.9 Å². The molecule has 2 aliphatic heterocycles. The van der Waals surface area contributed by atoms with Gasteiger partial charge in [-0.3, -0.25) is 9.69 Å². The van der Waals surface area contributed by atoms with Gasteiger partial charge in [0.15, 0.2) is 9.84 Å². The number of sulfonamides is 1. The highest BCUT2D eigenvalue weighted by Crippen LogP contribution is 2.23. The molecule has 0 aromatic heterocycles. The number of carbonyl (C=O) groups excluding carboxylic acids is 1. The van der Waals surface area contributed by atoms with Crippen molar-refractivity contribution < 1.29 is 21.6 Å². The van der Waals surface area contributed by atoms with E-state index in [4.69, 9.17) is 0 Å². The van der Waals surface area contributed by atoms with Crippen molar-refractivity contribution in [3.05, 3.63) is 29.3 Å². The monoisotopic (exact) mass is 457 g/mol. The van der Waals surface area contributed by atoms with Gasteiger partial charge in [0.2, 0.25) is 10.0 Å². The molecular formula is C20H31N3O5S2. The van der Waals surface area contributed by atoms with Crippen LogP contribution < -0.4 is 0 Å². The molecule has 1 unspecified atom stereocenters. The number of piperazine rings is 1. The first-order chi connectivity index (χ1) is 14.1. The summed E-state index contributed by atoms with van der Waals surface area (Å²) in [5, 5.41) is 0. The highest BCUT2D eigenvalue weighted by molar-refractivity contribution is 7.91. The second-order valence-electron chi connectivity index (χ2n) is 7.95. The molecule has 1 aromatic carbocycles. The molecule has 0 aliphatic carbocycles. The first-order valence-electron chi connectivity index (χ1n) is 10.4. The maximum atomic E-state index is 13.0. The van der Waals surface area contributed by atoms with Crippen LogP contribution in [0.2, 0.25) is 0 Å². The van der Waals surface area contributed by atoms with E-state index in [0.29, 0.717) is 56.8 Å². The molecule has 0 bridgehead atoms. The van der Waals surface area contributed by atoms with Crippen molar-refractivity contribution in [1.82, 2.24) is 14.1 Å². The third-order valence-electron chi connectivity index (χ3n) is 6.08. The van der Waals surface area contributed by atoms with Crippen molar-refractivity contribution in [2.24, 2.45) is 0 Å². The van der Waals surface area contributed by atoms with E-state index >= 15 is 0 Å². The third-order valence-corrected chi connectivity index (χ3v) is 10.0. The van der Waals surface area contributed by atoms with Gasteiger partial charge in [0.05, 0.1) is 16.4 Å². The van der Waals surface area contributed by atoms with Crippen LogP contribution in [0.3, 0.4) is 0 Å². The van der Waals surface area contributed by atoms with Crippen LogP contribution in [-0.2, 0) is 19.9 Å². The Kier molecular flexibility index (Phi) is 6.91. The molecule has 168 valence electrons. The standard InChI is InChI=1S/C20H31N3O5S2/c1-4-23(5-2)30(27,28)19-14-17(7-6-16(19)3)20(24)22-11-9-21(10-12-22)18-8-13-29(25,26)15-18/h6-7,14,18H,4-5,8-13,15H2,1-3H3. The Morgan fingerprint density at radius 3 is 2.30 bits per heavy atom. The van der Waals surface area contributed by atoms with E-state index in [1.54, 1.807) is 37.8 Å². The number of hydrogen-bond donors (Lipinski definition) is 0. The summed E-state index contributed by atoms with van der Waals surface area (Å²) in [6.45, 7) is 8.32. The molecule has 30 heavy (non-hydrogen) atoms. The molecule has 10 heteroatoms. The Bertz CT molecular complexity index is 995. The SMILES string of the molecule is CCN(CC)S(=O)(=O)c1cc(C(=O)N2CCN(C3CCS(=O)(=O)C3)CC2)ccc1C. The predicted molar refractivity (Wildman–Crippen MR) is 116 cm³/mol. The molecule has 3 rings (SSSR count). The van der Waals surface area contributed by atoms with Crippen LogP contribution in [0.5, 0.6) is 0 Å². The molecule has 2 heterocycles. The van der Waals surface area contributed by atoms with Gasteiger partial charge in [-0.25, -0.2) is 16.8 Å². The molecule has 0 N–H and O–H groups in total. The molecular weight excluding hydrogens is 426 g/mol. The lowest BCUT2D eigenvalue weighted by molar-refractivity contribution is 0.0587. The minimum Gasteiger partial charge on any atom is -0.336 e. The zero-order valence-corrected chi connectivity index (χ0v) is 19.5. The van der Waals surface area contributed by atoms with Crippen LogP contribution in [0, 0.1) is 6.92 Å². The van der Waals surface area contributed by atoms with Crippen molar-refractivity contribution in [3.8, 4) is 0 Å². The Balaban J connectivity index is 1.72. The lowest BCUT2D eigenvalue weighted by atomic mass is 10.1. The Morgan fingerprint density at radius 2 is 1.77 bits per heavy atom. The zero-order valence-electron chi connectivity index (χ0n) is 17.9. The number of sulfone groups is 1. The van der Waals surface area contributed by atoms with Crippen molar-refractivity contribution in [1.29, 1.82) is 0 Å². The summed E-state index contributed by atoms with van der Waals surface area (Å²) in [4.78, 5) is 17.1. The van der Waals surface area contributed by atoms with E-state index in [0.717, 1.165) is 0 Å². The lowest BCUT2D eigenvalue weighted by Crippen LogP contribution is -2.52. The van der Waals surface area contributed by atoms with E-state index in [1.165, 1.54) is 10.4 Å². The summed E-state index contributed by atoms with van der Waals surface area (Å²) in [5.74, 6) is 0.250. The van der Waals surface area contributed by atoms with Crippen LogP contribution in [0.25, 0.3) is 0 Å². The van der Waals surface area contributed by atoms with E-state index in [-0.39, 0.29) is 28.4 Å². The van der Waals surface area contributed by atoms with E-state index in [9.17, 15) is 21.6 Å². The number of benzene rings is 1. The minimum absolute atomic E-state index is 0.0393. The fraction of sp³-hybridized carbons (Fsp3) is 0.650. The summed E-state index contributed by atoms with van der Waals surface area (Å²) in [5.41, 5.74) is 0.980. The summed E-state index contributed by atoms with van der Waals surface area (Å²) >= 11 is 0. The first kappa shape index (κ1) is 23.2. The minimum atomic E-state index is -3.65. The van der Waals surface area contributed by atoms with Gasteiger partial charge in [0.1, 0.15) is 0 Å². The van der Waals surface area contributed by atoms with Crippen molar-refractivity contribution in [2.45, 2.75) is 38.1 Å². The smallest absolute Gasteiger partial charge is 0.253 e. The maximum absolute atomic E-state index is 13.0. The molecule has 0 radical (unpaired) electrons. The largest absolute Gasteiger partial charge is 0.336 e. The van der Waals surface area contributed by atoms with Gasteiger partial charge in [-0.15, -0.1) is 0 Å². The van der Waals surface area contributed by atoms with Crippen LogP contribution >= 0.6 is 0 Å². The topological polar surface area (TPSA) is 95.1 Å². The van der Waals surface area contributed by atoms with Crippen LogP contribution in [0.4, 0.5) is 0 Å². The Morgan fingerprint density at radius 1 is 1.13 bits per heavy atom. The Hall–Kier alpha value is -1.49.